The first-order valence-corrected chi connectivity index (χ1v) is 6.50. The van der Waals surface area contributed by atoms with Crippen LogP contribution in [0.3, 0.4) is 0 Å². The van der Waals surface area contributed by atoms with Crippen LogP contribution in [0, 0.1) is 6.92 Å². The molecule has 0 saturated heterocycles. The van der Waals surface area contributed by atoms with Gasteiger partial charge in [0.1, 0.15) is 0 Å². The fourth-order valence-electron chi connectivity index (χ4n) is 1.95. The van der Waals surface area contributed by atoms with Crippen molar-refractivity contribution in [2.24, 2.45) is 0 Å². The Hall–Kier alpha value is -0.860. The van der Waals surface area contributed by atoms with Gasteiger partial charge in [-0.1, -0.05) is 24.3 Å². The summed E-state index contributed by atoms with van der Waals surface area (Å²) >= 11 is 0. The van der Waals surface area contributed by atoms with Gasteiger partial charge in [0.25, 0.3) is 0 Å². The van der Waals surface area contributed by atoms with Crippen LogP contribution < -0.4 is 0 Å². The third-order valence-corrected chi connectivity index (χ3v) is 3.18. The molecule has 1 aromatic carbocycles. The molecule has 0 aliphatic carbocycles. The van der Waals surface area contributed by atoms with E-state index < -0.39 is 0 Å². The molecule has 96 valence electrons. The highest BCUT2D eigenvalue weighted by Gasteiger charge is 2.02. The second-order valence-electron chi connectivity index (χ2n) is 4.97. The van der Waals surface area contributed by atoms with E-state index in [9.17, 15) is 5.11 Å². The van der Waals surface area contributed by atoms with E-state index in [0.29, 0.717) is 0 Å². The minimum atomic E-state index is -0.186. The van der Waals surface area contributed by atoms with Crippen LogP contribution in [0.25, 0.3) is 0 Å². The Morgan fingerprint density at radius 1 is 1.24 bits per heavy atom. The second-order valence-corrected chi connectivity index (χ2v) is 4.97. The predicted molar refractivity (Wildman–Crippen MR) is 73.3 cm³/mol. The van der Waals surface area contributed by atoms with E-state index in [-0.39, 0.29) is 6.10 Å². The molecule has 0 aromatic heterocycles. The molecule has 2 heteroatoms. The van der Waals surface area contributed by atoms with Crippen LogP contribution in [-0.4, -0.2) is 36.2 Å². The van der Waals surface area contributed by atoms with Gasteiger partial charge in [0.2, 0.25) is 0 Å². The summed E-state index contributed by atoms with van der Waals surface area (Å²) in [5.74, 6) is 0. The molecule has 0 fully saturated rings. The first kappa shape index (κ1) is 14.2. The van der Waals surface area contributed by atoms with Crippen molar-refractivity contribution >= 4 is 0 Å². The molecule has 0 spiro atoms. The monoisotopic (exact) mass is 235 g/mol. The highest BCUT2D eigenvalue weighted by atomic mass is 16.3. The number of benzene rings is 1. The normalized spacial score (nSPS) is 13.0. The van der Waals surface area contributed by atoms with Crippen molar-refractivity contribution in [1.29, 1.82) is 0 Å². The van der Waals surface area contributed by atoms with Gasteiger partial charge in [-0.3, -0.25) is 0 Å². The third-order valence-electron chi connectivity index (χ3n) is 3.18. The molecule has 1 atom stereocenters. The van der Waals surface area contributed by atoms with Crippen LogP contribution in [0.1, 0.15) is 30.9 Å². The van der Waals surface area contributed by atoms with Crippen molar-refractivity contribution in [3.8, 4) is 0 Å². The number of aryl methyl sites for hydroxylation is 2. The molecule has 0 heterocycles. The maximum atomic E-state index is 9.21. The standard InChI is InChI=1S/C15H25NO/c1-13-7-4-5-8-15(13)9-6-11-16(3)12-10-14(2)17/h4-5,7-8,14,17H,6,9-12H2,1-3H3. The maximum absolute atomic E-state index is 9.21. The SMILES string of the molecule is Cc1ccccc1CCCN(C)CCC(C)O. The quantitative estimate of drug-likeness (QED) is 0.785. The van der Waals surface area contributed by atoms with Crippen LogP contribution in [0.2, 0.25) is 0 Å². The van der Waals surface area contributed by atoms with Gasteiger partial charge < -0.3 is 10.0 Å². The third kappa shape index (κ3) is 5.85. The number of aliphatic hydroxyl groups is 1. The zero-order chi connectivity index (χ0) is 12.7. The lowest BCUT2D eigenvalue weighted by Crippen LogP contribution is -2.23. The molecule has 0 radical (unpaired) electrons. The van der Waals surface area contributed by atoms with E-state index in [1.54, 1.807) is 0 Å². The largest absolute Gasteiger partial charge is 0.393 e. The molecule has 1 aromatic rings. The lowest BCUT2D eigenvalue weighted by Gasteiger charge is -2.17. The molecule has 0 saturated carbocycles. The molecular weight excluding hydrogens is 210 g/mol. The van der Waals surface area contributed by atoms with Crippen molar-refractivity contribution in [2.45, 2.75) is 39.2 Å². The number of nitrogens with zero attached hydrogens (tertiary/aromatic N) is 1. The Morgan fingerprint density at radius 2 is 1.94 bits per heavy atom. The summed E-state index contributed by atoms with van der Waals surface area (Å²) in [7, 11) is 2.13. The van der Waals surface area contributed by atoms with Crippen LogP contribution in [0.15, 0.2) is 24.3 Å². The zero-order valence-electron chi connectivity index (χ0n) is 11.3. The zero-order valence-corrected chi connectivity index (χ0v) is 11.3. The van der Waals surface area contributed by atoms with Crippen molar-refractivity contribution in [3.05, 3.63) is 35.4 Å². The first-order valence-electron chi connectivity index (χ1n) is 6.50. The van der Waals surface area contributed by atoms with E-state index in [4.69, 9.17) is 0 Å². The van der Waals surface area contributed by atoms with Crippen LogP contribution in [0.4, 0.5) is 0 Å². The van der Waals surface area contributed by atoms with Gasteiger partial charge in [-0.15, -0.1) is 0 Å². The molecule has 1 N–H and O–H groups in total. The van der Waals surface area contributed by atoms with Gasteiger partial charge in [0.15, 0.2) is 0 Å². The van der Waals surface area contributed by atoms with E-state index in [0.717, 1.165) is 25.9 Å². The minimum absolute atomic E-state index is 0.186. The molecule has 1 rings (SSSR count). The summed E-state index contributed by atoms with van der Waals surface area (Å²) in [4.78, 5) is 2.30. The first-order chi connectivity index (χ1) is 8.09. The molecular formula is C15H25NO. The van der Waals surface area contributed by atoms with Gasteiger partial charge >= 0.3 is 0 Å². The summed E-state index contributed by atoms with van der Waals surface area (Å²) in [6, 6.07) is 8.59. The number of rotatable bonds is 7. The maximum Gasteiger partial charge on any atom is 0.0524 e. The molecule has 1 unspecified atom stereocenters. The topological polar surface area (TPSA) is 23.5 Å². The summed E-state index contributed by atoms with van der Waals surface area (Å²) in [5.41, 5.74) is 2.84. The Kier molecular flexibility index (Phi) is 6.23. The molecule has 2 nitrogen and oxygen atoms in total. The highest BCUT2D eigenvalue weighted by Crippen LogP contribution is 2.09. The predicted octanol–water partition coefficient (Wildman–Crippen LogP) is 2.63. The van der Waals surface area contributed by atoms with Gasteiger partial charge in [0.05, 0.1) is 6.10 Å². The van der Waals surface area contributed by atoms with Crippen LogP contribution >= 0.6 is 0 Å². The van der Waals surface area contributed by atoms with E-state index in [2.05, 4.69) is 43.1 Å². The fourth-order valence-corrected chi connectivity index (χ4v) is 1.95. The Balaban J connectivity index is 2.21. The summed E-state index contributed by atoms with van der Waals surface area (Å²) < 4.78 is 0. The van der Waals surface area contributed by atoms with Crippen molar-refractivity contribution in [1.82, 2.24) is 4.90 Å². The van der Waals surface area contributed by atoms with Gasteiger partial charge in [-0.2, -0.15) is 0 Å². The van der Waals surface area contributed by atoms with Crippen molar-refractivity contribution in [3.63, 3.8) is 0 Å². The lowest BCUT2D eigenvalue weighted by molar-refractivity contribution is 0.164. The summed E-state index contributed by atoms with van der Waals surface area (Å²) in [5, 5.41) is 9.21. The lowest BCUT2D eigenvalue weighted by atomic mass is 10.0. The molecule has 0 amide bonds. The molecule has 17 heavy (non-hydrogen) atoms. The van der Waals surface area contributed by atoms with E-state index >= 15 is 0 Å². The molecule has 0 bridgehead atoms. The summed E-state index contributed by atoms with van der Waals surface area (Å²) in [6.45, 7) is 6.10. The highest BCUT2D eigenvalue weighted by molar-refractivity contribution is 5.25. The Morgan fingerprint density at radius 3 is 2.59 bits per heavy atom. The molecule has 0 aliphatic heterocycles. The average Bonchev–Trinajstić information content (AvgIpc) is 2.29. The van der Waals surface area contributed by atoms with Gasteiger partial charge in [0, 0.05) is 6.54 Å². The van der Waals surface area contributed by atoms with Gasteiger partial charge in [-0.25, -0.2) is 0 Å². The Bertz CT molecular complexity index is 322. The van der Waals surface area contributed by atoms with Crippen LogP contribution in [0.5, 0.6) is 0 Å². The van der Waals surface area contributed by atoms with E-state index in [1.165, 1.54) is 17.5 Å². The Labute approximate surface area is 105 Å². The molecule has 0 aliphatic rings. The van der Waals surface area contributed by atoms with Crippen LogP contribution in [-0.2, 0) is 6.42 Å². The van der Waals surface area contributed by atoms with Crippen molar-refractivity contribution in [2.75, 3.05) is 20.1 Å². The second kappa shape index (κ2) is 7.46. The number of hydrogen-bond acceptors (Lipinski definition) is 2. The average molecular weight is 235 g/mol. The number of aliphatic hydroxyl groups excluding tert-OH is 1. The fraction of sp³-hybridized carbons (Fsp3) is 0.600. The van der Waals surface area contributed by atoms with Crippen molar-refractivity contribution < 1.29 is 5.11 Å². The minimum Gasteiger partial charge on any atom is -0.393 e. The number of hydrogen-bond donors (Lipinski definition) is 1. The van der Waals surface area contributed by atoms with E-state index in [1.807, 2.05) is 6.92 Å². The van der Waals surface area contributed by atoms with Gasteiger partial charge in [-0.05, 0) is 57.8 Å². The summed E-state index contributed by atoms with van der Waals surface area (Å²) in [6.07, 6.45) is 3.00. The smallest absolute Gasteiger partial charge is 0.0524 e.